The molecular weight excluding hydrogens is 338 g/mol. The van der Waals surface area contributed by atoms with Crippen LogP contribution in [0.4, 0.5) is 4.79 Å². The predicted octanol–water partition coefficient (Wildman–Crippen LogP) is 2.19. The lowest BCUT2D eigenvalue weighted by atomic mass is 10.1. The van der Waals surface area contributed by atoms with Gasteiger partial charge < -0.3 is 15.0 Å². The molecule has 0 saturated carbocycles. The van der Waals surface area contributed by atoms with Crippen LogP contribution in [0.1, 0.15) is 30.3 Å². The second kappa shape index (κ2) is 7.40. The molecule has 1 saturated heterocycles. The number of nitrogens with one attached hydrogen (secondary N) is 1. The molecule has 1 aromatic heterocycles. The molecule has 0 spiro atoms. The highest BCUT2D eigenvalue weighted by atomic mass is 79.9. The zero-order chi connectivity index (χ0) is 15.2. The first-order chi connectivity index (χ1) is 10.1. The van der Waals surface area contributed by atoms with Crippen LogP contribution in [0.2, 0.25) is 0 Å². The number of rotatable bonds is 3. The summed E-state index contributed by atoms with van der Waals surface area (Å²) in [4.78, 5) is 29.5. The summed E-state index contributed by atoms with van der Waals surface area (Å²) in [5.41, 5.74) is 0.386. The van der Waals surface area contributed by atoms with Crippen molar-refractivity contribution >= 4 is 27.9 Å². The molecule has 0 bridgehead atoms. The zero-order valence-corrected chi connectivity index (χ0v) is 13.4. The summed E-state index contributed by atoms with van der Waals surface area (Å²) in [5.74, 6) is -0.189. The summed E-state index contributed by atoms with van der Waals surface area (Å²) >= 11 is 3.24. The maximum atomic E-state index is 12.1. The molecule has 2 amide bonds. The monoisotopic (exact) mass is 355 g/mol. The number of nitrogens with zero attached hydrogens (tertiary/aromatic N) is 2. The molecule has 1 aliphatic heterocycles. The molecule has 2 rings (SSSR count). The summed E-state index contributed by atoms with van der Waals surface area (Å²) in [6.07, 6.45) is 1.16. The molecule has 1 N–H and O–H groups in total. The van der Waals surface area contributed by atoms with Gasteiger partial charge in [0, 0.05) is 19.1 Å². The second-order valence-electron chi connectivity index (χ2n) is 4.78. The normalized spacial score (nSPS) is 15.6. The number of aromatic nitrogens is 1. The molecule has 6 nitrogen and oxygen atoms in total. The van der Waals surface area contributed by atoms with Gasteiger partial charge in [0.05, 0.1) is 6.61 Å². The predicted molar refractivity (Wildman–Crippen MR) is 81.0 cm³/mol. The first-order valence-electron chi connectivity index (χ1n) is 6.95. The topological polar surface area (TPSA) is 71.5 Å². The highest BCUT2D eigenvalue weighted by Gasteiger charge is 2.25. The highest BCUT2D eigenvalue weighted by molar-refractivity contribution is 9.10. The van der Waals surface area contributed by atoms with E-state index in [1.54, 1.807) is 30.0 Å². The number of hydrogen-bond donors (Lipinski definition) is 1. The van der Waals surface area contributed by atoms with Crippen LogP contribution in [0.25, 0.3) is 0 Å². The minimum absolute atomic E-state index is 0.0592. The third kappa shape index (κ3) is 4.42. The molecule has 1 aliphatic rings. The van der Waals surface area contributed by atoms with Gasteiger partial charge in [0.25, 0.3) is 5.91 Å². The van der Waals surface area contributed by atoms with Crippen LogP contribution in [-0.2, 0) is 4.74 Å². The van der Waals surface area contributed by atoms with Crippen molar-refractivity contribution in [1.29, 1.82) is 0 Å². The van der Waals surface area contributed by atoms with E-state index in [1.807, 2.05) is 0 Å². The fraction of sp³-hybridized carbons (Fsp3) is 0.500. The molecule has 114 valence electrons. The Bertz CT molecular complexity index is 516. The van der Waals surface area contributed by atoms with Crippen molar-refractivity contribution < 1.29 is 14.3 Å². The lowest BCUT2D eigenvalue weighted by Gasteiger charge is -2.31. The van der Waals surface area contributed by atoms with Crippen LogP contribution >= 0.6 is 15.9 Å². The van der Waals surface area contributed by atoms with Crippen LogP contribution in [-0.4, -0.2) is 47.6 Å². The van der Waals surface area contributed by atoms with Crippen molar-refractivity contribution in [2.24, 2.45) is 0 Å². The zero-order valence-electron chi connectivity index (χ0n) is 11.8. The Hall–Kier alpha value is -1.63. The van der Waals surface area contributed by atoms with E-state index in [-0.39, 0.29) is 18.0 Å². The van der Waals surface area contributed by atoms with Crippen LogP contribution in [0, 0.1) is 0 Å². The van der Waals surface area contributed by atoms with E-state index in [2.05, 4.69) is 26.2 Å². The van der Waals surface area contributed by atoms with Crippen LogP contribution in [0.15, 0.2) is 22.8 Å². The fourth-order valence-electron chi connectivity index (χ4n) is 2.22. The maximum Gasteiger partial charge on any atom is 0.409 e. The third-order valence-corrected chi connectivity index (χ3v) is 3.75. The van der Waals surface area contributed by atoms with Gasteiger partial charge in [-0.2, -0.15) is 0 Å². The van der Waals surface area contributed by atoms with E-state index < -0.39 is 0 Å². The van der Waals surface area contributed by atoms with Gasteiger partial charge in [-0.05, 0) is 47.8 Å². The Morgan fingerprint density at radius 1 is 1.43 bits per heavy atom. The number of halogens is 1. The Morgan fingerprint density at radius 3 is 2.76 bits per heavy atom. The average Bonchev–Trinajstić information content (AvgIpc) is 2.48. The Morgan fingerprint density at radius 2 is 2.14 bits per heavy atom. The van der Waals surface area contributed by atoms with E-state index in [1.165, 1.54) is 0 Å². The molecule has 0 radical (unpaired) electrons. The van der Waals surface area contributed by atoms with Gasteiger partial charge in [-0.1, -0.05) is 6.07 Å². The number of carbonyl (C=O) groups is 2. The largest absolute Gasteiger partial charge is 0.450 e. The number of hydrogen-bond acceptors (Lipinski definition) is 4. The lowest BCUT2D eigenvalue weighted by Crippen LogP contribution is -2.46. The van der Waals surface area contributed by atoms with Crippen molar-refractivity contribution in [3.05, 3.63) is 28.5 Å². The second-order valence-corrected chi connectivity index (χ2v) is 5.59. The smallest absolute Gasteiger partial charge is 0.409 e. The quantitative estimate of drug-likeness (QED) is 0.843. The highest BCUT2D eigenvalue weighted by Crippen LogP contribution is 2.13. The number of ether oxygens (including phenoxy) is 1. The molecule has 21 heavy (non-hydrogen) atoms. The van der Waals surface area contributed by atoms with Gasteiger partial charge in [0.2, 0.25) is 0 Å². The molecule has 2 heterocycles. The molecule has 0 aromatic carbocycles. The molecule has 7 heteroatoms. The Labute approximate surface area is 132 Å². The van der Waals surface area contributed by atoms with Crippen molar-refractivity contribution in [3.8, 4) is 0 Å². The van der Waals surface area contributed by atoms with E-state index in [0.717, 1.165) is 12.8 Å². The molecular formula is C14H18BrN3O3. The number of carbonyl (C=O) groups excluding carboxylic acids is 2. The van der Waals surface area contributed by atoms with Crippen molar-refractivity contribution in [3.63, 3.8) is 0 Å². The van der Waals surface area contributed by atoms with Crippen molar-refractivity contribution in [2.45, 2.75) is 25.8 Å². The summed E-state index contributed by atoms with van der Waals surface area (Å²) in [5, 5.41) is 2.95. The molecule has 0 atom stereocenters. The van der Waals surface area contributed by atoms with Crippen molar-refractivity contribution in [1.82, 2.24) is 15.2 Å². The van der Waals surface area contributed by atoms with Gasteiger partial charge in [-0.25, -0.2) is 9.78 Å². The third-order valence-electron chi connectivity index (χ3n) is 3.30. The lowest BCUT2D eigenvalue weighted by molar-refractivity contribution is 0.0856. The van der Waals surface area contributed by atoms with Gasteiger partial charge >= 0.3 is 6.09 Å². The first kappa shape index (κ1) is 15.8. The van der Waals surface area contributed by atoms with E-state index in [4.69, 9.17) is 4.74 Å². The standard InChI is InChI=1S/C14H18BrN3O3/c1-2-21-14(20)18-8-6-10(7-9-18)16-13(19)11-4-3-5-12(15)17-11/h3-5,10H,2,6-9H2,1H3,(H,16,19). The number of pyridine rings is 1. The maximum absolute atomic E-state index is 12.1. The number of likely N-dealkylation sites (tertiary alicyclic amines) is 1. The van der Waals surface area contributed by atoms with Crippen LogP contribution in [0.5, 0.6) is 0 Å². The summed E-state index contributed by atoms with van der Waals surface area (Å²) in [7, 11) is 0. The summed E-state index contributed by atoms with van der Waals surface area (Å²) < 4.78 is 5.60. The SMILES string of the molecule is CCOC(=O)N1CCC(NC(=O)c2cccc(Br)n2)CC1. The van der Waals surface area contributed by atoms with Gasteiger partial charge in [0.15, 0.2) is 0 Å². The summed E-state index contributed by atoms with van der Waals surface area (Å²) in [6, 6.07) is 5.28. The van der Waals surface area contributed by atoms with E-state index in [9.17, 15) is 9.59 Å². The van der Waals surface area contributed by atoms with Gasteiger partial charge in [0.1, 0.15) is 10.3 Å². The minimum atomic E-state index is -0.282. The van der Waals surface area contributed by atoms with Crippen LogP contribution in [0.3, 0.4) is 0 Å². The fourth-order valence-corrected chi connectivity index (χ4v) is 2.56. The minimum Gasteiger partial charge on any atom is -0.450 e. The van der Waals surface area contributed by atoms with Crippen molar-refractivity contribution in [2.75, 3.05) is 19.7 Å². The Kier molecular flexibility index (Phi) is 5.55. The first-order valence-corrected chi connectivity index (χ1v) is 7.74. The van der Waals surface area contributed by atoms with E-state index >= 15 is 0 Å². The molecule has 0 aliphatic carbocycles. The molecule has 1 fully saturated rings. The summed E-state index contributed by atoms with van der Waals surface area (Å²) in [6.45, 7) is 3.35. The van der Waals surface area contributed by atoms with Gasteiger partial charge in [-0.3, -0.25) is 4.79 Å². The Balaban J connectivity index is 1.83. The van der Waals surface area contributed by atoms with E-state index in [0.29, 0.717) is 30.0 Å². The number of amides is 2. The van der Waals surface area contributed by atoms with Crippen LogP contribution < -0.4 is 5.32 Å². The number of piperidine rings is 1. The molecule has 0 unspecified atom stereocenters. The molecule has 1 aromatic rings. The van der Waals surface area contributed by atoms with Gasteiger partial charge in [-0.15, -0.1) is 0 Å². The average molecular weight is 356 g/mol.